The third-order valence-corrected chi connectivity index (χ3v) is 4.54. The number of amides is 1. The minimum Gasteiger partial charge on any atom is -0.357 e. The molecule has 2 aliphatic rings. The predicted octanol–water partition coefficient (Wildman–Crippen LogP) is 3.40. The summed E-state index contributed by atoms with van der Waals surface area (Å²) in [5.74, 6) is 0.130. The molecule has 96 valence electrons. The Morgan fingerprint density at radius 2 is 2.22 bits per heavy atom. The van der Waals surface area contributed by atoms with Gasteiger partial charge in [0.2, 0.25) is 5.91 Å². The van der Waals surface area contributed by atoms with Crippen LogP contribution in [0.4, 0.5) is 11.4 Å². The maximum absolute atomic E-state index is 12.4. The molecular formula is C14H17BrN2O. The second kappa shape index (κ2) is 3.98. The first-order chi connectivity index (χ1) is 8.49. The third kappa shape index (κ3) is 1.74. The van der Waals surface area contributed by atoms with Crippen molar-refractivity contribution in [3.8, 4) is 0 Å². The number of piperidine rings is 1. The van der Waals surface area contributed by atoms with Crippen molar-refractivity contribution in [1.29, 1.82) is 0 Å². The zero-order chi connectivity index (χ0) is 12.9. The molecule has 1 unspecified atom stereocenters. The highest BCUT2D eigenvalue weighted by atomic mass is 79.9. The first-order valence-corrected chi connectivity index (χ1v) is 7.15. The Kier molecular flexibility index (Phi) is 2.66. The molecule has 2 aliphatic heterocycles. The molecule has 1 aromatic rings. The van der Waals surface area contributed by atoms with Crippen LogP contribution in [0.15, 0.2) is 22.7 Å². The summed E-state index contributed by atoms with van der Waals surface area (Å²) in [6, 6.07) is 6.06. The summed E-state index contributed by atoms with van der Waals surface area (Å²) in [5.41, 5.74) is 2.10. The van der Waals surface area contributed by atoms with Gasteiger partial charge in [-0.3, -0.25) is 4.79 Å². The van der Waals surface area contributed by atoms with E-state index in [2.05, 4.69) is 46.1 Å². The summed E-state index contributed by atoms with van der Waals surface area (Å²) in [6.45, 7) is 5.34. The molecule has 0 bridgehead atoms. The van der Waals surface area contributed by atoms with E-state index < -0.39 is 0 Å². The molecule has 1 amide bonds. The first kappa shape index (κ1) is 12.0. The van der Waals surface area contributed by atoms with Crippen LogP contribution in [-0.2, 0) is 4.79 Å². The van der Waals surface area contributed by atoms with Crippen molar-refractivity contribution in [3.05, 3.63) is 22.7 Å². The molecule has 0 radical (unpaired) electrons. The van der Waals surface area contributed by atoms with Crippen LogP contribution in [0.1, 0.15) is 26.7 Å². The van der Waals surface area contributed by atoms with Gasteiger partial charge >= 0.3 is 0 Å². The third-order valence-electron chi connectivity index (χ3n) is 4.05. The lowest BCUT2D eigenvalue weighted by molar-refractivity contribution is -0.120. The van der Waals surface area contributed by atoms with E-state index in [1.54, 1.807) is 0 Å². The summed E-state index contributed by atoms with van der Waals surface area (Å²) >= 11 is 3.45. The normalized spacial score (nSPS) is 25.2. The van der Waals surface area contributed by atoms with Gasteiger partial charge in [0, 0.05) is 11.0 Å². The fourth-order valence-corrected chi connectivity index (χ4v) is 3.57. The number of hydrogen-bond acceptors (Lipinski definition) is 2. The molecule has 1 aromatic carbocycles. The number of carbonyl (C=O) groups excluding carboxylic acids is 1. The van der Waals surface area contributed by atoms with E-state index in [1.165, 1.54) is 0 Å². The number of halogens is 1. The Bertz CT molecular complexity index is 513. The Hall–Kier alpha value is -1.03. The van der Waals surface area contributed by atoms with Crippen molar-refractivity contribution in [2.45, 2.75) is 32.7 Å². The van der Waals surface area contributed by atoms with E-state index in [-0.39, 0.29) is 17.4 Å². The number of rotatable bonds is 0. The predicted molar refractivity (Wildman–Crippen MR) is 76.9 cm³/mol. The lowest BCUT2D eigenvalue weighted by atomic mass is 9.75. The van der Waals surface area contributed by atoms with Crippen LogP contribution in [0.2, 0.25) is 0 Å². The minimum atomic E-state index is -0.0417. The van der Waals surface area contributed by atoms with Gasteiger partial charge in [-0.15, -0.1) is 0 Å². The molecular weight excluding hydrogens is 292 g/mol. The molecule has 0 aliphatic carbocycles. The molecule has 4 heteroatoms. The van der Waals surface area contributed by atoms with Crippen LogP contribution in [0.25, 0.3) is 0 Å². The quantitative estimate of drug-likeness (QED) is 0.796. The number of carbonyl (C=O) groups is 1. The number of nitrogens with one attached hydrogen (secondary N) is 1. The molecule has 0 spiro atoms. The average Bonchev–Trinajstić information content (AvgIpc) is 2.27. The zero-order valence-corrected chi connectivity index (χ0v) is 12.3. The fraction of sp³-hybridized carbons (Fsp3) is 0.500. The molecule has 1 atom stereocenters. The van der Waals surface area contributed by atoms with Crippen molar-refractivity contribution in [2.75, 3.05) is 16.8 Å². The van der Waals surface area contributed by atoms with Crippen molar-refractivity contribution >= 4 is 33.2 Å². The topological polar surface area (TPSA) is 32.3 Å². The monoisotopic (exact) mass is 308 g/mol. The SMILES string of the molecule is CC1(C)CCCN2c3ccc(Br)cc3NC(=O)C21. The van der Waals surface area contributed by atoms with E-state index in [9.17, 15) is 4.79 Å². The van der Waals surface area contributed by atoms with Crippen LogP contribution >= 0.6 is 15.9 Å². The molecule has 1 saturated heterocycles. The van der Waals surface area contributed by atoms with Gasteiger partial charge in [-0.05, 0) is 36.5 Å². The molecule has 18 heavy (non-hydrogen) atoms. The van der Waals surface area contributed by atoms with Gasteiger partial charge in [0.1, 0.15) is 6.04 Å². The molecule has 1 N–H and O–H groups in total. The highest BCUT2D eigenvalue weighted by Gasteiger charge is 2.45. The molecule has 1 fully saturated rings. The highest BCUT2D eigenvalue weighted by Crippen LogP contribution is 2.44. The number of anilines is 2. The minimum absolute atomic E-state index is 0.0348. The Morgan fingerprint density at radius 1 is 1.44 bits per heavy atom. The fourth-order valence-electron chi connectivity index (χ4n) is 3.21. The van der Waals surface area contributed by atoms with E-state index >= 15 is 0 Å². The Balaban J connectivity index is 2.09. The second-order valence-corrected chi connectivity index (χ2v) is 6.75. The van der Waals surface area contributed by atoms with Gasteiger partial charge in [-0.2, -0.15) is 0 Å². The summed E-state index contributed by atoms with van der Waals surface area (Å²) < 4.78 is 0.997. The van der Waals surface area contributed by atoms with Gasteiger partial charge in [0.05, 0.1) is 11.4 Å². The number of benzene rings is 1. The standard InChI is InChI=1S/C14H17BrN2O/c1-14(2)6-3-7-17-11-5-4-9(15)8-10(11)16-13(18)12(14)17/h4-5,8,12H,3,6-7H2,1-2H3,(H,16,18). The lowest BCUT2D eigenvalue weighted by Crippen LogP contribution is -2.58. The van der Waals surface area contributed by atoms with E-state index in [4.69, 9.17) is 0 Å². The number of nitrogens with zero attached hydrogens (tertiary/aromatic N) is 1. The van der Waals surface area contributed by atoms with Gasteiger partial charge in [0.15, 0.2) is 0 Å². The number of fused-ring (bicyclic) bond motifs is 3. The van der Waals surface area contributed by atoms with E-state index in [0.29, 0.717) is 0 Å². The van der Waals surface area contributed by atoms with Gasteiger partial charge in [0.25, 0.3) is 0 Å². The molecule has 3 nitrogen and oxygen atoms in total. The largest absolute Gasteiger partial charge is 0.357 e. The summed E-state index contributed by atoms with van der Waals surface area (Å²) in [5, 5.41) is 3.04. The Labute approximate surface area is 116 Å². The van der Waals surface area contributed by atoms with Gasteiger partial charge in [-0.1, -0.05) is 29.8 Å². The molecule has 0 saturated carbocycles. The first-order valence-electron chi connectivity index (χ1n) is 6.36. The molecule has 0 aromatic heterocycles. The van der Waals surface area contributed by atoms with Crippen molar-refractivity contribution in [2.24, 2.45) is 5.41 Å². The van der Waals surface area contributed by atoms with Crippen molar-refractivity contribution < 1.29 is 4.79 Å². The summed E-state index contributed by atoms with van der Waals surface area (Å²) in [6.07, 6.45) is 2.25. The summed E-state index contributed by atoms with van der Waals surface area (Å²) in [7, 11) is 0. The van der Waals surface area contributed by atoms with Crippen molar-refractivity contribution in [3.63, 3.8) is 0 Å². The van der Waals surface area contributed by atoms with Crippen LogP contribution in [0.3, 0.4) is 0 Å². The second-order valence-electron chi connectivity index (χ2n) is 5.84. The summed E-state index contributed by atoms with van der Waals surface area (Å²) in [4.78, 5) is 14.6. The molecule has 3 rings (SSSR count). The van der Waals surface area contributed by atoms with E-state index in [1.807, 2.05) is 12.1 Å². The number of hydrogen-bond donors (Lipinski definition) is 1. The van der Waals surface area contributed by atoms with E-state index in [0.717, 1.165) is 35.2 Å². The smallest absolute Gasteiger partial charge is 0.247 e. The maximum Gasteiger partial charge on any atom is 0.247 e. The van der Waals surface area contributed by atoms with Gasteiger partial charge in [-0.25, -0.2) is 0 Å². The average molecular weight is 309 g/mol. The Morgan fingerprint density at radius 3 is 3.00 bits per heavy atom. The molecule has 2 heterocycles. The lowest BCUT2D eigenvalue weighted by Gasteiger charge is -2.49. The van der Waals surface area contributed by atoms with Crippen LogP contribution in [0.5, 0.6) is 0 Å². The zero-order valence-electron chi connectivity index (χ0n) is 10.7. The van der Waals surface area contributed by atoms with Crippen LogP contribution < -0.4 is 10.2 Å². The highest BCUT2D eigenvalue weighted by molar-refractivity contribution is 9.10. The van der Waals surface area contributed by atoms with Gasteiger partial charge < -0.3 is 10.2 Å². The van der Waals surface area contributed by atoms with Crippen LogP contribution in [-0.4, -0.2) is 18.5 Å². The maximum atomic E-state index is 12.4. The van der Waals surface area contributed by atoms with Crippen LogP contribution in [0, 0.1) is 5.41 Å². The van der Waals surface area contributed by atoms with Crippen molar-refractivity contribution in [1.82, 2.24) is 0 Å².